The fourth-order valence-corrected chi connectivity index (χ4v) is 3.36. The van der Waals surface area contributed by atoms with Crippen molar-refractivity contribution in [2.75, 3.05) is 6.54 Å². The lowest BCUT2D eigenvalue weighted by Gasteiger charge is -2.17. The quantitative estimate of drug-likeness (QED) is 0.864. The largest absolute Gasteiger partial charge is 0.392 e. The van der Waals surface area contributed by atoms with Crippen LogP contribution in [0.3, 0.4) is 0 Å². The van der Waals surface area contributed by atoms with Crippen LogP contribution in [0.25, 0.3) is 0 Å². The molecule has 1 aliphatic rings. The third-order valence-corrected chi connectivity index (χ3v) is 4.62. The molecule has 0 amide bonds. The molecule has 2 N–H and O–H groups in total. The van der Waals surface area contributed by atoms with Gasteiger partial charge in [-0.1, -0.05) is 6.07 Å². The number of nitrogens with one attached hydrogen (secondary N) is 1. The average Bonchev–Trinajstić information content (AvgIpc) is 2.36. The van der Waals surface area contributed by atoms with Crippen molar-refractivity contribution in [3.63, 3.8) is 0 Å². The van der Waals surface area contributed by atoms with E-state index in [0.717, 1.165) is 24.8 Å². The van der Waals surface area contributed by atoms with E-state index in [4.69, 9.17) is 5.11 Å². The highest BCUT2D eigenvalue weighted by Crippen LogP contribution is 2.23. The number of fused-ring (bicyclic) bond motifs is 1. The smallest absolute Gasteiger partial charge is 0.240 e. The van der Waals surface area contributed by atoms with Gasteiger partial charge in [0, 0.05) is 6.54 Å². The van der Waals surface area contributed by atoms with Crippen LogP contribution in [0.15, 0.2) is 23.1 Å². The summed E-state index contributed by atoms with van der Waals surface area (Å²) in [5.74, 6) is 0. The monoisotopic (exact) mass is 269 g/mol. The number of aryl methyl sites for hydroxylation is 2. The number of hydrogen-bond donors (Lipinski definition) is 2. The molecular formula is C13H19NO3S. The second-order valence-corrected chi connectivity index (χ2v) is 6.61. The minimum Gasteiger partial charge on any atom is -0.392 e. The zero-order valence-electron chi connectivity index (χ0n) is 10.5. The Kier molecular flexibility index (Phi) is 4.04. The third-order valence-electron chi connectivity index (χ3n) is 3.20. The van der Waals surface area contributed by atoms with Gasteiger partial charge in [-0.25, -0.2) is 13.1 Å². The first kappa shape index (κ1) is 13.5. The molecule has 0 bridgehead atoms. The number of rotatable bonds is 4. The highest BCUT2D eigenvalue weighted by atomic mass is 32.2. The Morgan fingerprint density at radius 3 is 2.61 bits per heavy atom. The number of aliphatic hydroxyl groups excluding tert-OH is 1. The minimum absolute atomic E-state index is 0.0411. The van der Waals surface area contributed by atoms with Crippen molar-refractivity contribution < 1.29 is 13.5 Å². The zero-order chi connectivity index (χ0) is 13.2. The summed E-state index contributed by atoms with van der Waals surface area (Å²) in [5, 5.41) is 9.13. The Hall–Kier alpha value is -0.910. The van der Waals surface area contributed by atoms with Gasteiger partial charge in [-0.15, -0.1) is 0 Å². The second kappa shape index (κ2) is 5.38. The Morgan fingerprint density at radius 2 is 1.94 bits per heavy atom. The van der Waals surface area contributed by atoms with E-state index in [1.54, 1.807) is 19.1 Å². The Bertz CT molecular complexity index is 523. The SMILES string of the molecule is C[C@H](O)CNS(=O)(=O)c1ccc2c(c1)CCCC2. The van der Waals surface area contributed by atoms with E-state index < -0.39 is 16.1 Å². The summed E-state index contributed by atoms with van der Waals surface area (Å²) in [6.07, 6.45) is 3.61. The summed E-state index contributed by atoms with van der Waals surface area (Å²) in [5.41, 5.74) is 2.40. The molecule has 0 saturated carbocycles. The van der Waals surface area contributed by atoms with Crippen molar-refractivity contribution in [3.8, 4) is 0 Å². The highest BCUT2D eigenvalue weighted by molar-refractivity contribution is 7.89. The molecule has 0 spiro atoms. The van der Waals surface area contributed by atoms with Crippen LogP contribution >= 0.6 is 0 Å². The maximum atomic E-state index is 12.0. The molecule has 0 aromatic heterocycles. The Morgan fingerprint density at radius 1 is 1.28 bits per heavy atom. The van der Waals surface area contributed by atoms with Crippen molar-refractivity contribution in [1.29, 1.82) is 0 Å². The number of hydrogen-bond acceptors (Lipinski definition) is 3. The summed E-state index contributed by atoms with van der Waals surface area (Å²) < 4.78 is 26.4. The lowest BCUT2D eigenvalue weighted by molar-refractivity contribution is 0.198. The van der Waals surface area contributed by atoms with Crippen molar-refractivity contribution >= 4 is 10.0 Å². The van der Waals surface area contributed by atoms with Crippen molar-refractivity contribution in [1.82, 2.24) is 4.72 Å². The van der Waals surface area contributed by atoms with Crippen LogP contribution in [0.4, 0.5) is 0 Å². The molecule has 0 radical (unpaired) electrons. The van der Waals surface area contributed by atoms with Gasteiger partial charge < -0.3 is 5.11 Å². The van der Waals surface area contributed by atoms with E-state index in [2.05, 4.69) is 4.72 Å². The number of aliphatic hydroxyl groups is 1. The highest BCUT2D eigenvalue weighted by Gasteiger charge is 2.17. The minimum atomic E-state index is -3.50. The van der Waals surface area contributed by atoms with E-state index in [1.165, 1.54) is 12.0 Å². The van der Waals surface area contributed by atoms with E-state index in [0.29, 0.717) is 4.90 Å². The zero-order valence-corrected chi connectivity index (χ0v) is 11.3. The topological polar surface area (TPSA) is 66.4 Å². The van der Waals surface area contributed by atoms with E-state index >= 15 is 0 Å². The lowest BCUT2D eigenvalue weighted by atomic mass is 9.92. The van der Waals surface area contributed by atoms with E-state index in [9.17, 15) is 8.42 Å². The maximum Gasteiger partial charge on any atom is 0.240 e. The van der Waals surface area contributed by atoms with Crippen LogP contribution in [0.2, 0.25) is 0 Å². The predicted molar refractivity (Wildman–Crippen MR) is 70.0 cm³/mol. The standard InChI is InChI=1S/C13H19NO3S/c1-10(15)9-14-18(16,17)13-7-6-11-4-2-3-5-12(11)8-13/h6-8,10,14-15H,2-5,9H2,1H3/t10-/m0/s1. The molecule has 1 aromatic rings. The molecule has 0 unspecified atom stereocenters. The van der Waals surface area contributed by atoms with Gasteiger partial charge in [-0.05, 0) is 55.9 Å². The van der Waals surface area contributed by atoms with Gasteiger partial charge in [0.05, 0.1) is 11.0 Å². The average molecular weight is 269 g/mol. The molecule has 0 heterocycles. The molecule has 2 rings (SSSR count). The van der Waals surface area contributed by atoms with Gasteiger partial charge in [0.15, 0.2) is 0 Å². The van der Waals surface area contributed by atoms with Gasteiger partial charge in [-0.3, -0.25) is 0 Å². The summed E-state index contributed by atoms with van der Waals surface area (Å²) in [7, 11) is -3.50. The molecule has 1 atom stereocenters. The molecule has 0 fully saturated rings. The fourth-order valence-electron chi connectivity index (χ4n) is 2.19. The maximum absolute atomic E-state index is 12.0. The number of benzene rings is 1. The Labute approximate surface area is 108 Å². The molecule has 4 nitrogen and oxygen atoms in total. The van der Waals surface area contributed by atoms with Crippen LogP contribution in [0, 0.1) is 0 Å². The van der Waals surface area contributed by atoms with Crippen LogP contribution in [-0.4, -0.2) is 26.2 Å². The summed E-state index contributed by atoms with van der Waals surface area (Å²) in [6.45, 7) is 1.59. The van der Waals surface area contributed by atoms with Crippen LogP contribution in [0.5, 0.6) is 0 Å². The first-order chi connectivity index (χ1) is 8.49. The molecule has 5 heteroatoms. The van der Waals surface area contributed by atoms with Crippen LogP contribution in [-0.2, 0) is 22.9 Å². The molecule has 100 valence electrons. The number of sulfonamides is 1. The first-order valence-corrected chi connectivity index (χ1v) is 7.77. The van der Waals surface area contributed by atoms with E-state index in [-0.39, 0.29) is 6.54 Å². The molecular weight excluding hydrogens is 250 g/mol. The summed E-state index contributed by atoms with van der Waals surface area (Å²) >= 11 is 0. The van der Waals surface area contributed by atoms with Gasteiger partial charge >= 0.3 is 0 Å². The van der Waals surface area contributed by atoms with Crippen molar-refractivity contribution in [2.24, 2.45) is 0 Å². The molecule has 18 heavy (non-hydrogen) atoms. The first-order valence-electron chi connectivity index (χ1n) is 6.28. The van der Waals surface area contributed by atoms with Gasteiger partial charge in [-0.2, -0.15) is 0 Å². The fraction of sp³-hybridized carbons (Fsp3) is 0.538. The normalized spacial score (nSPS) is 17.2. The van der Waals surface area contributed by atoms with Crippen molar-refractivity contribution in [2.45, 2.75) is 43.6 Å². The molecule has 1 aromatic carbocycles. The molecule has 0 saturated heterocycles. The lowest BCUT2D eigenvalue weighted by Crippen LogP contribution is -2.30. The van der Waals surface area contributed by atoms with E-state index in [1.807, 2.05) is 6.07 Å². The van der Waals surface area contributed by atoms with Crippen LogP contribution in [0.1, 0.15) is 30.9 Å². The Balaban J connectivity index is 2.22. The van der Waals surface area contributed by atoms with Gasteiger partial charge in [0.2, 0.25) is 10.0 Å². The molecule has 0 aliphatic heterocycles. The second-order valence-electron chi connectivity index (χ2n) is 4.84. The van der Waals surface area contributed by atoms with Crippen molar-refractivity contribution in [3.05, 3.63) is 29.3 Å². The predicted octanol–water partition coefficient (Wildman–Crippen LogP) is 1.22. The third kappa shape index (κ3) is 3.10. The summed E-state index contributed by atoms with van der Waals surface area (Å²) in [6, 6.07) is 5.32. The van der Waals surface area contributed by atoms with Gasteiger partial charge in [0.25, 0.3) is 0 Å². The van der Waals surface area contributed by atoms with Crippen LogP contribution < -0.4 is 4.72 Å². The van der Waals surface area contributed by atoms with Gasteiger partial charge in [0.1, 0.15) is 0 Å². The molecule has 1 aliphatic carbocycles. The summed E-state index contributed by atoms with van der Waals surface area (Å²) in [4.78, 5) is 0.295.